The van der Waals surface area contributed by atoms with E-state index in [1.54, 1.807) is 49.6 Å². The van der Waals surface area contributed by atoms with Crippen LogP contribution in [0.15, 0.2) is 65.6 Å². The number of rotatable bonds is 9. The molecule has 0 spiro atoms. The highest BCUT2D eigenvalue weighted by Gasteiger charge is 2.41. The SMILES string of the molecule is COC[C@H](C)Oc1cc(Oc2ccc(S(C)(=O)=O)cc2)cc(-c2ccc(C3=CC[C@H](C(F)(F)F)N3)[nH]2)c1. The van der Waals surface area contributed by atoms with Gasteiger partial charge in [-0.1, -0.05) is 6.08 Å². The highest BCUT2D eigenvalue weighted by atomic mass is 32.2. The summed E-state index contributed by atoms with van der Waals surface area (Å²) in [6.45, 7) is 2.21. The van der Waals surface area contributed by atoms with E-state index >= 15 is 0 Å². The normalized spacial score (nSPS) is 16.7. The van der Waals surface area contributed by atoms with Gasteiger partial charge in [0.2, 0.25) is 0 Å². The third kappa shape index (κ3) is 6.66. The van der Waals surface area contributed by atoms with Crippen LogP contribution < -0.4 is 14.8 Å². The van der Waals surface area contributed by atoms with Crippen molar-refractivity contribution in [2.45, 2.75) is 36.6 Å². The van der Waals surface area contributed by atoms with Crippen LogP contribution >= 0.6 is 0 Å². The molecule has 0 radical (unpaired) electrons. The molecule has 2 atom stereocenters. The van der Waals surface area contributed by atoms with E-state index in [1.165, 1.54) is 18.2 Å². The largest absolute Gasteiger partial charge is 0.488 e. The second-order valence-electron chi connectivity index (χ2n) is 8.80. The van der Waals surface area contributed by atoms with Crippen LogP contribution in [0.3, 0.4) is 0 Å². The van der Waals surface area contributed by atoms with Gasteiger partial charge in [-0.25, -0.2) is 8.42 Å². The number of aromatic nitrogens is 1. The summed E-state index contributed by atoms with van der Waals surface area (Å²) >= 11 is 0. The van der Waals surface area contributed by atoms with E-state index in [0.29, 0.717) is 46.5 Å². The number of nitrogens with one attached hydrogen (secondary N) is 2. The maximum absolute atomic E-state index is 13.1. The summed E-state index contributed by atoms with van der Waals surface area (Å²) in [6, 6.07) is 13.1. The van der Waals surface area contributed by atoms with Crippen molar-refractivity contribution in [3.05, 3.63) is 66.4 Å². The highest BCUT2D eigenvalue weighted by molar-refractivity contribution is 7.90. The van der Waals surface area contributed by atoms with Gasteiger partial charge < -0.3 is 24.5 Å². The third-order valence-electron chi connectivity index (χ3n) is 5.68. The molecule has 1 aromatic heterocycles. The van der Waals surface area contributed by atoms with Gasteiger partial charge in [0.1, 0.15) is 29.4 Å². The van der Waals surface area contributed by atoms with Crippen LogP contribution in [0, 0.1) is 0 Å². The number of aromatic amines is 1. The van der Waals surface area contributed by atoms with Gasteiger partial charge in [-0.3, -0.25) is 0 Å². The Hall–Kier alpha value is -3.44. The molecule has 0 unspecified atom stereocenters. The number of hydrogen-bond donors (Lipinski definition) is 2. The van der Waals surface area contributed by atoms with E-state index in [-0.39, 0.29) is 17.4 Å². The van der Waals surface area contributed by atoms with Crippen molar-refractivity contribution in [3.63, 3.8) is 0 Å². The van der Waals surface area contributed by atoms with Gasteiger partial charge in [-0.2, -0.15) is 13.2 Å². The number of methoxy groups -OCH3 is 1. The molecule has 198 valence electrons. The van der Waals surface area contributed by atoms with E-state index in [0.717, 1.165) is 6.26 Å². The molecule has 4 rings (SSSR count). The topological polar surface area (TPSA) is 89.7 Å². The number of ether oxygens (including phenoxy) is 3. The fourth-order valence-electron chi connectivity index (χ4n) is 3.91. The molecule has 0 saturated carbocycles. The van der Waals surface area contributed by atoms with Crippen LogP contribution in [0.5, 0.6) is 17.2 Å². The number of sulfone groups is 1. The van der Waals surface area contributed by atoms with Crippen molar-refractivity contribution in [1.29, 1.82) is 0 Å². The van der Waals surface area contributed by atoms with Gasteiger partial charge in [-0.15, -0.1) is 0 Å². The first-order valence-electron chi connectivity index (χ1n) is 11.4. The summed E-state index contributed by atoms with van der Waals surface area (Å²) in [5.74, 6) is 1.35. The Balaban J connectivity index is 1.61. The van der Waals surface area contributed by atoms with E-state index < -0.39 is 22.1 Å². The average Bonchev–Trinajstić information content (AvgIpc) is 3.49. The lowest BCUT2D eigenvalue weighted by Crippen LogP contribution is -2.37. The molecular formula is C26H27F3N2O5S. The molecule has 1 aliphatic rings. The van der Waals surface area contributed by atoms with Crippen molar-refractivity contribution in [3.8, 4) is 28.5 Å². The zero-order chi connectivity index (χ0) is 26.8. The predicted octanol–water partition coefficient (Wildman–Crippen LogP) is 5.56. The molecule has 3 aromatic rings. The monoisotopic (exact) mass is 536 g/mol. The van der Waals surface area contributed by atoms with Crippen LogP contribution in [0.25, 0.3) is 17.0 Å². The number of benzene rings is 2. The lowest BCUT2D eigenvalue weighted by Gasteiger charge is -2.17. The van der Waals surface area contributed by atoms with Crippen molar-refractivity contribution in [1.82, 2.24) is 10.3 Å². The molecule has 0 fully saturated rings. The highest BCUT2D eigenvalue weighted by Crippen LogP contribution is 2.35. The van der Waals surface area contributed by atoms with Crippen LogP contribution in [-0.2, 0) is 14.6 Å². The Kier molecular flexibility index (Phi) is 7.56. The number of halogens is 3. The fourth-order valence-corrected chi connectivity index (χ4v) is 4.54. The Bertz CT molecular complexity index is 1380. The predicted molar refractivity (Wildman–Crippen MR) is 133 cm³/mol. The maximum Gasteiger partial charge on any atom is 0.408 e. The number of alkyl halides is 3. The van der Waals surface area contributed by atoms with Gasteiger partial charge >= 0.3 is 6.18 Å². The summed E-state index contributed by atoms with van der Waals surface area (Å²) in [4.78, 5) is 3.34. The van der Waals surface area contributed by atoms with Gasteiger partial charge in [0.05, 0.1) is 22.9 Å². The van der Waals surface area contributed by atoms with Gasteiger partial charge in [0, 0.05) is 30.7 Å². The molecule has 11 heteroatoms. The van der Waals surface area contributed by atoms with Crippen molar-refractivity contribution < 1.29 is 35.8 Å². The molecule has 2 heterocycles. The second-order valence-corrected chi connectivity index (χ2v) is 10.8. The zero-order valence-electron chi connectivity index (χ0n) is 20.4. The summed E-state index contributed by atoms with van der Waals surface area (Å²) in [5.41, 5.74) is 2.24. The third-order valence-corrected chi connectivity index (χ3v) is 6.80. The molecule has 0 amide bonds. The number of hydrogen-bond acceptors (Lipinski definition) is 6. The zero-order valence-corrected chi connectivity index (χ0v) is 21.2. The Morgan fingerprint density at radius 3 is 2.30 bits per heavy atom. The quantitative estimate of drug-likeness (QED) is 0.373. The molecule has 2 N–H and O–H groups in total. The first-order valence-corrected chi connectivity index (χ1v) is 13.3. The van der Waals surface area contributed by atoms with Crippen LogP contribution in [0.2, 0.25) is 0 Å². The minimum Gasteiger partial charge on any atom is -0.488 e. The average molecular weight is 537 g/mol. The first kappa shape index (κ1) is 26.6. The Morgan fingerprint density at radius 1 is 1.00 bits per heavy atom. The molecule has 0 bridgehead atoms. The molecule has 2 aromatic carbocycles. The fraction of sp³-hybridized carbons (Fsp3) is 0.308. The molecule has 37 heavy (non-hydrogen) atoms. The lowest BCUT2D eigenvalue weighted by molar-refractivity contribution is -0.150. The molecule has 1 aliphatic heterocycles. The van der Waals surface area contributed by atoms with Crippen molar-refractivity contribution in [2.24, 2.45) is 0 Å². The van der Waals surface area contributed by atoms with E-state index in [1.807, 2.05) is 6.92 Å². The Labute approximate surface area is 213 Å². The number of H-pyrrole nitrogens is 1. The van der Waals surface area contributed by atoms with Crippen molar-refractivity contribution >= 4 is 15.5 Å². The van der Waals surface area contributed by atoms with Crippen LogP contribution in [0.1, 0.15) is 19.0 Å². The first-order chi connectivity index (χ1) is 17.4. The van der Waals surface area contributed by atoms with E-state index in [2.05, 4.69) is 10.3 Å². The smallest absolute Gasteiger partial charge is 0.408 e. The summed E-state index contributed by atoms with van der Waals surface area (Å²) < 4.78 is 79.7. The Morgan fingerprint density at radius 2 is 1.68 bits per heavy atom. The molecule has 0 saturated heterocycles. The van der Waals surface area contributed by atoms with Crippen molar-refractivity contribution in [2.75, 3.05) is 20.0 Å². The second kappa shape index (κ2) is 10.5. The van der Waals surface area contributed by atoms with Gasteiger partial charge in [0.25, 0.3) is 0 Å². The summed E-state index contributed by atoms with van der Waals surface area (Å²) in [7, 11) is -1.77. The summed E-state index contributed by atoms with van der Waals surface area (Å²) in [5, 5.41) is 2.52. The van der Waals surface area contributed by atoms with Crippen LogP contribution in [0.4, 0.5) is 13.2 Å². The molecular weight excluding hydrogens is 509 g/mol. The van der Waals surface area contributed by atoms with E-state index in [4.69, 9.17) is 14.2 Å². The van der Waals surface area contributed by atoms with Gasteiger partial charge in [-0.05, 0) is 61.9 Å². The molecule has 0 aliphatic carbocycles. The standard InChI is InChI=1S/C26H27F3N2O5S/c1-16(15-34-2)35-19-12-17(13-20(14-19)36-18-4-6-21(7-5-18)37(3,32)33)22-8-9-23(30-22)24-10-11-25(31-24)26(27,28)29/h4-10,12-14,16,25,30-31H,11,15H2,1-3H3/t16-,25+/m0/s1. The molecule has 7 nitrogen and oxygen atoms in total. The lowest BCUT2D eigenvalue weighted by atomic mass is 10.1. The minimum atomic E-state index is -4.33. The summed E-state index contributed by atoms with van der Waals surface area (Å²) in [6.07, 6.45) is -2.07. The maximum atomic E-state index is 13.1. The van der Waals surface area contributed by atoms with Crippen LogP contribution in [-0.4, -0.2) is 51.7 Å². The van der Waals surface area contributed by atoms with Gasteiger partial charge in [0.15, 0.2) is 9.84 Å². The van der Waals surface area contributed by atoms with E-state index in [9.17, 15) is 21.6 Å². The minimum absolute atomic E-state index is 0.135.